The van der Waals surface area contributed by atoms with Crippen LogP contribution in [0.2, 0.25) is 0 Å². The fourth-order valence-electron chi connectivity index (χ4n) is 3.87. The summed E-state index contributed by atoms with van der Waals surface area (Å²) in [5, 5.41) is 9.75. The first kappa shape index (κ1) is 25.2. The van der Waals surface area contributed by atoms with Gasteiger partial charge in [-0.2, -0.15) is 4.31 Å². The standard InChI is InChI=1S/C25H33N3O4S/c1-5-14-27(4)17-24-19(2)16-28(20(3)18-29)33(30,31)25-12-10-21(15-23(25)32-24)9-11-22-8-6-7-13-26-22/h6-8,10,12-13,15,19-20,24,29H,5,14,16-18H2,1-4H3/t19-,20-,24-/m0/s1. The molecule has 1 aromatic carbocycles. The molecular formula is C25H33N3O4S. The maximum atomic E-state index is 13.5. The minimum atomic E-state index is -3.86. The molecule has 8 heteroatoms. The number of aliphatic hydroxyl groups is 1. The number of nitrogens with zero attached hydrogens (tertiary/aromatic N) is 3. The molecule has 7 nitrogen and oxygen atoms in total. The summed E-state index contributed by atoms with van der Waals surface area (Å²) >= 11 is 0. The molecule has 0 radical (unpaired) electrons. The van der Waals surface area contributed by atoms with E-state index in [1.54, 1.807) is 31.3 Å². The van der Waals surface area contributed by atoms with Crippen molar-refractivity contribution in [3.05, 3.63) is 53.9 Å². The summed E-state index contributed by atoms with van der Waals surface area (Å²) in [6, 6.07) is 9.88. The topological polar surface area (TPSA) is 83.0 Å². The van der Waals surface area contributed by atoms with E-state index in [1.165, 1.54) is 4.31 Å². The van der Waals surface area contributed by atoms with E-state index in [9.17, 15) is 13.5 Å². The number of hydrogen-bond acceptors (Lipinski definition) is 6. The van der Waals surface area contributed by atoms with E-state index in [1.807, 2.05) is 32.2 Å². The van der Waals surface area contributed by atoms with Gasteiger partial charge in [0, 0.05) is 36.8 Å². The second kappa shape index (κ2) is 11.1. The molecule has 178 valence electrons. The number of likely N-dealkylation sites (N-methyl/N-ethyl adjacent to an activating group) is 1. The molecule has 2 aromatic rings. The van der Waals surface area contributed by atoms with Crippen LogP contribution in [0.4, 0.5) is 0 Å². The van der Waals surface area contributed by atoms with Gasteiger partial charge in [-0.1, -0.05) is 25.8 Å². The second-order valence-electron chi connectivity index (χ2n) is 8.63. The summed E-state index contributed by atoms with van der Waals surface area (Å²) in [5.74, 6) is 6.27. The van der Waals surface area contributed by atoms with E-state index < -0.39 is 16.1 Å². The Bertz CT molecular complexity index is 1100. The first-order valence-corrected chi connectivity index (χ1v) is 12.7. The van der Waals surface area contributed by atoms with Crippen molar-refractivity contribution in [2.45, 2.75) is 44.2 Å². The highest BCUT2D eigenvalue weighted by Gasteiger charge is 2.38. The molecule has 3 rings (SSSR count). The van der Waals surface area contributed by atoms with Crippen LogP contribution in [0, 0.1) is 17.8 Å². The van der Waals surface area contributed by atoms with E-state index in [0.29, 0.717) is 23.6 Å². The largest absolute Gasteiger partial charge is 0.487 e. The Morgan fingerprint density at radius 3 is 2.76 bits per heavy atom. The molecule has 33 heavy (non-hydrogen) atoms. The number of aliphatic hydroxyl groups excluding tert-OH is 1. The number of aromatic nitrogens is 1. The average molecular weight is 472 g/mol. The van der Waals surface area contributed by atoms with Crippen LogP contribution >= 0.6 is 0 Å². The van der Waals surface area contributed by atoms with Gasteiger partial charge >= 0.3 is 0 Å². The lowest BCUT2D eigenvalue weighted by Gasteiger charge is -2.37. The van der Waals surface area contributed by atoms with Gasteiger partial charge in [0.2, 0.25) is 10.0 Å². The molecule has 0 saturated carbocycles. The minimum Gasteiger partial charge on any atom is -0.487 e. The lowest BCUT2D eigenvalue weighted by Crippen LogP contribution is -2.49. The van der Waals surface area contributed by atoms with Crippen LogP contribution in [0.3, 0.4) is 0 Å². The normalized spacial score (nSPS) is 21.2. The van der Waals surface area contributed by atoms with Crippen LogP contribution in [0.1, 0.15) is 38.4 Å². The van der Waals surface area contributed by atoms with E-state index in [0.717, 1.165) is 13.0 Å². The highest BCUT2D eigenvalue weighted by molar-refractivity contribution is 7.89. The molecule has 1 N–H and O–H groups in total. The summed E-state index contributed by atoms with van der Waals surface area (Å²) in [7, 11) is -1.82. The van der Waals surface area contributed by atoms with E-state index in [4.69, 9.17) is 4.74 Å². The molecule has 0 fully saturated rings. The lowest BCUT2D eigenvalue weighted by atomic mass is 10.0. The van der Waals surface area contributed by atoms with Crippen molar-refractivity contribution in [1.29, 1.82) is 0 Å². The van der Waals surface area contributed by atoms with Crippen LogP contribution in [-0.4, -0.2) is 73.1 Å². The number of sulfonamides is 1. The molecule has 1 aromatic heterocycles. The Balaban J connectivity index is 2.05. The zero-order chi connectivity index (χ0) is 24.0. The third-order valence-electron chi connectivity index (χ3n) is 5.76. The summed E-state index contributed by atoms with van der Waals surface area (Å²) in [6.45, 7) is 7.44. The molecule has 0 unspecified atom stereocenters. The van der Waals surface area contributed by atoms with Crippen molar-refractivity contribution in [3.8, 4) is 17.6 Å². The molecule has 1 aliphatic rings. The highest BCUT2D eigenvalue weighted by Crippen LogP contribution is 2.34. The third kappa shape index (κ3) is 6.12. The van der Waals surface area contributed by atoms with E-state index in [2.05, 4.69) is 28.6 Å². The van der Waals surface area contributed by atoms with Gasteiger partial charge in [0.05, 0.1) is 6.61 Å². The smallest absolute Gasteiger partial charge is 0.247 e. The van der Waals surface area contributed by atoms with Crippen LogP contribution in [0.5, 0.6) is 5.75 Å². The number of hydrogen-bond donors (Lipinski definition) is 1. The summed E-state index contributed by atoms with van der Waals surface area (Å²) in [5.41, 5.74) is 1.28. The molecule has 1 aliphatic heterocycles. The van der Waals surface area contributed by atoms with Gasteiger partial charge in [-0.05, 0) is 63.2 Å². The van der Waals surface area contributed by atoms with Crippen LogP contribution in [-0.2, 0) is 10.0 Å². The lowest BCUT2D eigenvalue weighted by molar-refractivity contribution is 0.0752. The minimum absolute atomic E-state index is 0.0792. The average Bonchev–Trinajstić information content (AvgIpc) is 2.80. The molecule has 0 spiro atoms. The van der Waals surface area contributed by atoms with Gasteiger partial charge in [0.1, 0.15) is 22.4 Å². The van der Waals surface area contributed by atoms with Crippen molar-refractivity contribution in [1.82, 2.24) is 14.2 Å². The van der Waals surface area contributed by atoms with Crippen molar-refractivity contribution in [3.63, 3.8) is 0 Å². The van der Waals surface area contributed by atoms with Crippen LogP contribution < -0.4 is 4.74 Å². The van der Waals surface area contributed by atoms with Gasteiger partial charge in [-0.25, -0.2) is 13.4 Å². The first-order valence-electron chi connectivity index (χ1n) is 11.3. The number of rotatable bonds is 6. The van der Waals surface area contributed by atoms with Crippen molar-refractivity contribution in [2.24, 2.45) is 5.92 Å². The maximum Gasteiger partial charge on any atom is 0.247 e. The molecule has 0 amide bonds. The van der Waals surface area contributed by atoms with Gasteiger partial charge in [0.25, 0.3) is 0 Å². The fraction of sp³-hybridized carbons (Fsp3) is 0.480. The Labute approximate surface area is 197 Å². The van der Waals surface area contributed by atoms with Gasteiger partial charge in [-0.15, -0.1) is 0 Å². The zero-order valence-electron chi connectivity index (χ0n) is 19.7. The van der Waals surface area contributed by atoms with E-state index >= 15 is 0 Å². The third-order valence-corrected chi connectivity index (χ3v) is 7.78. The molecule has 0 saturated heterocycles. The summed E-state index contributed by atoms with van der Waals surface area (Å²) in [4.78, 5) is 6.50. The van der Waals surface area contributed by atoms with Gasteiger partial charge in [0.15, 0.2) is 0 Å². The molecule has 2 heterocycles. The summed E-state index contributed by atoms with van der Waals surface area (Å²) < 4.78 is 34.8. The predicted octanol–water partition coefficient (Wildman–Crippen LogP) is 2.59. The van der Waals surface area contributed by atoms with Gasteiger partial charge in [-0.3, -0.25) is 0 Å². The highest BCUT2D eigenvalue weighted by atomic mass is 32.2. The quantitative estimate of drug-likeness (QED) is 0.652. The maximum absolute atomic E-state index is 13.5. The monoisotopic (exact) mass is 471 g/mol. The van der Waals surface area contributed by atoms with Crippen molar-refractivity contribution >= 4 is 10.0 Å². The number of fused-ring (bicyclic) bond motifs is 1. The Morgan fingerprint density at radius 2 is 2.09 bits per heavy atom. The Morgan fingerprint density at radius 1 is 1.30 bits per heavy atom. The van der Waals surface area contributed by atoms with Crippen LogP contribution in [0.25, 0.3) is 0 Å². The number of pyridine rings is 1. The zero-order valence-corrected chi connectivity index (χ0v) is 20.5. The Kier molecular flexibility index (Phi) is 8.49. The number of benzene rings is 1. The molecule has 3 atom stereocenters. The van der Waals surface area contributed by atoms with Gasteiger partial charge < -0.3 is 14.7 Å². The summed E-state index contributed by atoms with van der Waals surface area (Å²) in [6.07, 6.45) is 2.47. The fourth-order valence-corrected chi connectivity index (χ4v) is 5.70. The molecule has 0 aliphatic carbocycles. The van der Waals surface area contributed by atoms with Crippen LogP contribution in [0.15, 0.2) is 47.5 Å². The second-order valence-corrected chi connectivity index (χ2v) is 10.5. The first-order chi connectivity index (χ1) is 15.8. The predicted molar refractivity (Wildman–Crippen MR) is 128 cm³/mol. The van der Waals surface area contributed by atoms with E-state index in [-0.39, 0.29) is 30.1 Å². The molecular weight excluding hydrogens is 438 g/mol. The van der Waals surface area contributed by atoms with Crippen molar-refractivity contribution < 1.29 is 18.3 Å². The Hall–Kier alpha value is -2.44. The van der Waals surface area contributed by atoms with Crippen molar-refractivity contribution in [2.75, 3.05) is 33.3 Å². The SMILES string of the molecule is CCCN(C)C[C@@H]1Oc2cc(C#Cc3ccccn3)ccc2S(=O)(=O)N([C@@H](C)CO)C[C@@H]1C. The molecule has 0 bridgehead atoms. The number of ether oxygens (including phenoxy) is 1.